The van der Waals surface area contributed by atoms with Gasteiger partial charge >= 0.3 is 0 Å². The number of hydrogen-bond acceptors (Lipinski definition) is 3. The molecule has 0 aliphatic carbocycles. The van der Waals surface area contributed by atoms with Gasteiger partial charge in [0.1, 0.15) is 0 Å². The van der Waals surface area contributed by atoms with Crippen molar-refractivity contribution in [1.82, 2.24) is 4.98 Å². The molecule has 68 valence electrons. The molecule has 1 aromatic heterocycles. The summed E-state index contributed by atoms with van der Waals surface area (Å²) in [6, 6.07) is 0.170. The summed E-state index contributed by atoms with van der Waals surface area (Å²) in [5.74, 6) is 0.630. The summed E-state index contributed by atoms with van der Waals surface area (Å²) < 4.78 is 5.13. The number of aromatic nitrogens is 1. The molecule has 0 saturated heterocycles. The van der Waals surface area contributed by atoms with Crippen LogP contribution in [0.3, 0.4) is 0 Å². The Morgan fingerprint density at radius 1 is 1.69 bits per heavy atom. The zero-order valence-corrected chi connectivity index (χ0v) is 7.53. The predicted molar refractivity (Wildman–Crippen MR) is 53.9 cm³/mol. The summed E-state index contributed by atoms with van der Waals surface area (Å²) >= 11 is 0. The van der Waals surface area contributed by atoms with Gasteiger partial charge in [-0.2, -0.15) is 0 Å². The molecule has 13 heavy (non-hydrogen) atoms. The zero-order valence-electron chi connectivity index (χ0n) is 7.53. The smallest absolute Gasteiger partial charge is 0.292 e. The Morgan fingerprint density at radius 2 is 2.46 bits per heavy atom. The van der Waals surface area contributed by atoms with Crippen LogP contribution in [-0.2, 0) is 0 Å². The third kappa shape index (κ3) is 2.33. The average molecular weight is 176 g/mol. The van der Waals surface area contributed by atoms with Gasteiger partial charge in [0.15, 0.2) is 5.76 Å². The highest BCUT2D eigenvalue weighted by molar-refractivity contribution is 5.71. The van der Waals surface area contributed by atoms with E-state index in [-0.39, 0.29) is 6.01 Å². The number of oxazole rings is 1. The lowest BCUT2D eigenvalue weighted by Crippen LogP contribution is -1.80. The molecule has 0 spiro atoms. The molecule has 3 nitrogen and oxygen atoms in total. The van der Waals surface area contributed by atoms with Crippen molar-refractivity contribution in [2.24, 2.45) is 0 Å². The fraction of sp³-hybridized carbons (Fsp3) is 0.100. The number of rotatable bonds is 3. The van der Waals surface area contributed by atoms with Crippen LogP contribution in [0.5, 0.6) is 0 Å². The van der Waals surface area contributed by atoms with E-state index in [1.807, 2.05) is 25.2 Å². The lowest BCUT2D eigenvalue weighted by molar-refractivity contribution is 0.567. The first-order chi connectivity index (χ1) is 6.27. The number of hydrogen-bond donors (Lipinski definition) is 1. The van der Waals surface area contributed by atoms with Gasteiger partial charge in [0.2, 0.25) is 0 Å². The van der Waals surface area contributed by atoms with Crippen molar-refractivity contribution in [3.8, 4) is 0 Å². The molecule has 0 bridgehead atoms. The summed E-state index contributed by atoms with van der Waals surface area (Å²) in [5, 5.41) is 0. The van der Waals surface area contributed by atoms with Crippen molar-refractivity contribution >= 4 is 11.6 Å². The van der Waals surface area contributed by atoms with Crippen LogP contribution in [0.15, 0.2) is 41.5 Å². The molecule has 0 aliphatic heterocycles. The number of allylic oxidation sites excluding steroid dienone is 5. The third-order valence-corrected chi connectivity index (χ3v) is 1.50. The quantitative estimate of drug-likeness (QED) is 0.719. The molecule has 0 saturated carbocycles. The predicted octanol–water partition coefficient (Wildman–Crippen LogP) is 2.40. The van der Waals surface area contributed by atoms with Crippen LogP contribution in [0.1, 0.15) is 12.7 Å². The van der Waals surface area contributed by atoms with Crippen molar-refractivity contribution in [1.29, 1.82) is 0 Å². The summed E-state index contributed by atoms with van der Waals surface area (Å²) in [6.45, 7) is 5.61. The molecule has 1 aromatic rings. The molecular formula is C10H12N2O. The SMILES string of the molecule is C=C/C(=C\C=C/C)c1cnc(N)o1. The summed E-state index contributed by atoms with van der Waals surface area (Å²) in [7, 11) is 0. The van der Waals surface area contributed by atoms with Crippen LogP contribution in [0, 0.1) is 0 Å². The van der Waals surface area contributed by atoms with Crippen LogP contribution >= 0.6 is 0 Å². The topological polar surface area (TPSA) is 52.0 Å². The molecule has 0 aliphatic rings. The van der Waals surface area contributed by atoms with Gasteiger partial charge in [0, 0.05) is 5.57 Å². The monoisotopic (exact) mass is 176 g/mol. The van der Waals surface area contributed by atoms with E-state index < -0.39 is 0 Å². The Bertz CT molecular complexity index is 348. The molecule has 1 heterocycles. The van der Waals surface area contributed by atoms with Crippen LogP contribution in [0.4, 0.5) is 6.01 Å². The standard InChI is InChI=1S/C10H12N2O/c1-3-5-6-8(4-2)9-7-12-10(11)13-9/h3-7H,2H2,1H3,(H2,11,12)/b5-3-,8-6+. The normalized spacial score (nSPS) is 12.2. The lowest BCUT2D eigenvalue weighted by Gasteiger charge is -1.92. The maximum atomic E-state index is 5.34. The molecule has 0 unspecified atom stereocenters. The number of nitrogens with two attached hydrogens (primary N) is 1. The second kappa shape index (κ2) is 4.30. The van der Waals surface area contributed by atoms with Gasteiger partial charge in [-0.1, -0.05) is 30.9 Å². The van der Waals surface area contributed by atoms with E-state index >= 15 is 0 Å². The van der Waals surface area contributed by atoms with E-state index in [1.165, 1.54) is 0 Å². The van der Waals surface area contributed by atoms with Gasteiger partial charge in [0.05, 0.1) is 6.20 Å². The highest BCUT2D eigenvalue weighted by atomic mass is 16.4. The Labute approximate surface area is 77.3 Å². The van der Waals surface area contributed by atoms with E-state index in [2.05, 4.69) is 11.6 Å². The second-order valence-electron chi connectivity index (χ2n) is 2.41. The first-order valence-corrected chi connectivity index (χ1v) is 3.95. The van der Waals surface area contributed by atoms with Crippen molar-refractivity contribution in [3.63, 3.8) is 0 Å². The van der Waals surface area contributed by atoms with Crippen LogP contribution in [-0.4, -0.2) is 4.98 Å². The minimum Gasteiger partial charge on any atom is -0.424 e. The highest BCUT2D eigenvalue weighted by Gasteiger charge is 2.02. The van der Waals surface area contributed by atoms with Crippen LogP contribution in [0.25, 0.3) is 5.57 Å². The Balaban J connectivity index is 2.96. The van der Waals surface area contributed by atoms with E-state index in [0.29, 0.717) is 5.76 Å². The number of nitrogen functional groups attached to an aromatic ring is 1. The molecule has 3 heteroatoms. The molecular weight excluding hydrogens is 164 g/mol. The van der Waals surface area contributed by atoms with Gasteiger partial charge in [-0.05, 0) is 6.92 Å². The molecule has 0 amide bonds. The Morgan fingerprint density at radius 3 is 2.92 bits per heavy atom. The van der Waals surface area contributed by atoms with Crippen molar-refractivity contribution < 1.29 is 4.42 Å². The molecule has 0 atom stereocenters. The van der Waals surface area contributed by atoms with Crippen molar-refractivity contribution in [2.45, 2.75) is 6.92 Å². The fourth-order valence-corrected chi connectivity index (χ4v) is 0.872. The minimum atomic E-state index is 0.170. The second-order valence-corrected chi connectivity index (χ2v) is 2.41. The van der Waals surface area contributed by atoms with E-state index in [0.717, 1.165) is 5.57 Å². The Kier molecular flexibility index (Phi) is 3.09. The fourth-order valence-electron chi connectivity index (χ4n) is 0.872. The van der Waals surface area contributed by atoms with Gasteiger partial charge in [-0.3, -0.25) is 0 Å². The largest absolute Gasteiger partial charge is 0.424 e. The summed E-state index contributed by atoms with van der Waals surface area (Å²) in [5.41, 5.74) is 6.21. The van der Waals surface area contributed by atoms with E-state index in [9.17, 15) is 0 Å². The summed E-state index contributed by atoms with van der Waals surface area (Å²) in [6.07, 6.45) is 8.97. The van der Waals surface area contributed by atoms with Crippen molar-refractivity contribution in [3.05, 3.63) is 42.8 Å². The third-order valence-electron chi connectivity index (χ3n) is 1.50. The number of nitrogens with zero attached hydrogens (tertiary/aromatic N) is 1. The average Bonchev–Trinajstić information content (AvgIpc) is 2.54. The van der Waals surface area contributed by atoms with E-state index in [1.54, 1.807) is 12.3 Å². The van der Waals surface area contributed by atoms with Crippen molar-refractivity contribution in [2.75, 3.05) is 5.73 Å². The van der Waals surface area contributed by atoms with Gasteiger partial charge in [-0.15, -0.1) is 0 Å². The maximum Gasteiger partial charge on any atom is 0.292 e. The molecule has 0 fully saturated rings. The zero-order chi connectivity index (χ0) is 9.68. The summed E-state index contributed by atoms with van der Waals surface area (Å²) in [4.78, 5) is 3.79. The number of anilines is 1. The first kappa shape index (κ1) is 9.32. The molecule has 1 rings (SSSR count). The molecule has 0 radical (unpaired) electrons. The van der Waals surface area contributed by atoms with Crippen LogP contribution < -0.4 is 5.73 Å². The Hall–Kier alpha value is -1.77. The first-order valence-electron chi connectivity index (χ1n) is 3.95. The minimum absolute atomic E-state index is 0.170. The highest BCUT2D eigenvalue weighted by Crippen LogP contribution is 2.17. The van der Waals surface area contributed by atoms with Gasteiger partial charge in [-0.25, -0.2) is 4.98 Å². The van der Waals surface area contributed by atoms with Gasteiger partial charge < -0.3 is 10.2 Å². The lowest BCUT2D eigenvalue weighted by atomic mass is 10.2. The maximum absolute atomic E-state index is 5.34. The molecule has 2 N–H and O–H groups in total. The van der Waals surface area contributed by atoms with E-state index in [4.69, 9.17) is 10.2 Å². The van der Waals surface area contributed by atoms with Crippen LogP contribution in [0.2, 0.25) is 0 Å². The van der Waals surface area contributed by atoms with Gasteiger partial charge in [0.25, 0.3) is 6.01 Å². The molecule has 0 aromatic carbocycles.